The maximum atomic E-state index is 11.5. The van der Waals surface area contributed by atoms with Crippen LogP contribution < -0.4 is 10.1 Å². The third-order valence-corrected chi connectivity index (χ3v) is 2.58. The molecule has 3 nitrogen and oxygen atoms in total. The Morgan fingerprint density at radius 2 is 2.06 bits per heavy atom. The van der Waals surface area contributed by atoms with Gasteiger partial charge in [0.1, 0.15) is 5.75 Å². The maximum absolute atomic E-state index is 11.5. The van der Waals surface area contributed by atoms with Gasteiger partial charge in [-0.05, 0) is 24.6 Å². The molecule has 4 heteroatoms. The van der Waals surface area contributed by atoms with E-state index in [0.29, 0.717) is 10.8 Å². The lowest BCUT2D eigenvalue weighted by molar-refractivity contribution is -0.118. The van der Waals surface area contributed by atoms with Crippen LogP contribution in [0.5, 0.6) is 5.75 Å². The molecule has 0 bridgehead atoms. The summed E-state index contributed by atoms with van der Waals surface area (Å²) in [6, 6.07) is 3.51. The van der Waals surface area contributed by atoms with Crippen molar-refractivity contribution in [3.63, 3.8) is 0 Å². The standard InChI is InChI=1S/C12H16ClNO2/c1-7(2)12(15)14-10-6-9(13)11(16-4)5-8(10)3/h5-7H,1-4H3,(H,14,15). The molecule has 0 spiro atoms. The van der Waals surface area contributed by atoms with Crippen LogP contribution in [0.2, 0.25) is 5.02 Å². The highest BCUT2D eigenvalue weighted by atomic mass is 35.5. The van der Waals surface area contributed by atoms with E-state index in [4.69, 9.17) is 16.3 Å². The number of amides is 1. The van der Waals surface area contributed by atoms with Crippen molar-refractivity contribution in [2.75, 3.05) is 12.4 Å². The van der Waals surface area contributed by atoms with Crippen molar-refractivity contribution in [3.8, 4) is 5.75 Å². The third kappa shape index (κ3) is 2.89. The van der Waals surface area contributed by atoms with Gasteiger partial charge in [0, 0.05) is 11.6 Å². The summed E-state index contributed by atoms with van der Waals surface area (Å²) in [6.07, 6.45) is 0. The van der Waals surface area contributed by atoms with Gasteiger partial charge in [0.15, 0.2) is 0 Å². The Bertz CT molecular complexity index is 402. The molecule has 0 aliphatic rings. The molecule has 16 heavy (non-hydrogen) atoms. The van der Waals surface area contributed by atoms with E-state index in [1.54, 1.807) is 19.2 Å². The molecule has 0 unspecified atom stereocenters. The molecule has 0 aromatic heterocycles. The van der Waals surface area contributed by atoms with Crippen LogP contribution in [-0.2, 0) is 4.79 Å². The fourth-order valence-electron chi connectivity index (χ4n) is 1.22. The molecule has 1 amide bonds. The zero-order chi connectivity index (χ0) is 12.3. The number of rotatable bonds is 3. The van der Waals surface area contributed by atoms with Gasteiger partial charge < -0.3 is 10.1 Å². The first-order valence-electron chi connectivity index (χ1n) is 5.10. The van der Waals surface area contributed by atoms with Crippen LogP contribution in [0.4, 0.5) is 5.69 Å². The lowest BCUT2D eigenvalue weighted by Gasteiger charge is -2.12. The Balaban J connectivity index is 2.98. The van der Waals surface area contributed by atoms with Gasteiger partial charge in [0.25, 0.3) is 0 Å². The van der Waals surface area contributed by atoms with E-state index < -0.39 is 0 Å². The molecule has 0 aliphatic heterocycles. The number of methoxy groups -OCH3 is 1. The smallest absolute Gasteiger partial charge is 0.226 e. The van der Waals surface area contributed by atoms with E-state index in [9.17, 15) is 4.79 Å². The average molecular weight is 242 g/mol. The van der Waals surface area contributed by atoms with E-state index in [1.807, 2.05) is 20.8 Å². The molecular weight excluding hydrogens is 226 g/mol. The van der Waals surface area contributed by atoms with Crippen LogP contribution in [0.25, 0.3) is 0 Å². The molecule has 1 N–H and O–H groups in total. The Morgan fingerprint density at radius 3 is 2.56 bits per heavy atom. The lowest BCUT2D eigenvalue weighted by Crippen LogP contribution is -2.18. The normalized spacial score (nSPS) is 10.4. The van der Waals surface area contributed by atoms with Gasteiger partial charge >= 0.3 is 0 Å². The number of carbonyl (C=O) groups is 1. The van der Waals surface area contributed by atoms with E-state index in [2.05, 4.69) is 5.32 Å². The molecule has 0 saturated carbocycles. The number of ether oxygens (including phenoxy) is 1. The predicted octanol–water partition coefficient (Wildman–Crippen LogP) is 3.25. The first kappa shape index (κ1) is 12.8. The summed E-state index contributed by atoms with van der Waals surface area (Å²) in [5.74, 6) is 0.534. The van der Waals surface area contributed by atoms with Crippen molar-refractivity contribution in [3.05, 3.63) is 22.7 Å². The molecule has 1 aromatic rings. The summed E-state index contributed by atoms with van der Waals surface area (Å²) in [5, 5.41) is 3.32. The molecule has 0 saturated heterocycles. The second-order valence-electron chi connectivity index (χ2n) is 3.95. The van der Waals surface area contributed by atoms with Crippen LogP contribution >= 0.6 is 11.6 Å². The van der Waals surface area contributed by atoms with Crippen LogP contribution in [-0.4, -0.2) is 13.0 Å². The summed E-state index contributed by atoms with van der Waals surface area (Å²) in [6.45, 7) is 5.58. The van der Waals surface area contributed by atoms with Crippen LogP contribution in [0.3, 0.4) is 0 Å². The van der Waals surface area contributed by atoms with Crippen molar-refractivity contribution in [1.82, 2.24) is 0 Å². The van der Waals surface area contributed by atoms with Gasteiger partial charge in [-0.3, -0.25) is 4.79 Å². The molecule has 1 rings (SSSR count). The Kier molecular flexibility index (Phi) is 4.19. The Morgan fingerprint density at radius 1 is 1.44 bits per heavy atom. The van der Waals surface area contributed by atoms with E-state index in [1.165, 1.54) is 0 Å². The highest BCUT2D eigenvalue weighted by molar-refractivity contribution is 6.32. The largest absolute Gasteiger partial charge is 0.495 e. The minimum absolute atomic E-state index is 0.0238. The topological polar surface area (TPSA) is 38.3 Å². The highest BCUT2D eigenvalue weighted by Crippen LogP contribution is 2.30. The highest BCUT2D eigenvalue weighted by Gasteiger charge is 2.11. The van der Waals surface area contributed by atoms with Gasteiger partial charge in [-0.2, -0.15) is 0 Å². The van der Waals surface area contributed by atoms with E-state index in [-0.39, 0.29) is 11.8 Å². The Hall–Kier alpha value is -1.22. The second-order valence-corrected chi connectivity index (χ2v) is 4.35. The van der Waals surface area contributed by atoms with Crippen LogP contribution in [0.15, 0.2) is 12.1 Å². The number of hydrogen-bond donors (Lipinski definition) is 1. The zero-order valence-corrected chi connectivity index (χ0v) is 10.7. The number of hydrogen-bond acceptors (Lipinski definition) is 2. The summed E-state index contributed by atoms with van der Waals surface area (Å²) in [7, 11) is 1.56. The van der Waals surface area contributed by atoms with Crippen molar-refractivity contribution in [2.45, 2.75) is 20.8 Å². The molecule has 0 atom stereocenters. The summed E-state index contributed by atoms with van der Waals surface area (Å²) >= 11 is 5.99. The molecule has 0 heterocycles. The summed E-state index contributed by atoms with van der Waals surface area (Å²) in [5.41, 5.74) is 1.65. The number of benzene rings is 1. The predicted molar refractivity (Wildman–Crippen MR) is 66.2 cm³/mol. The van der Waals surface area contributed by atoms with Crippen molar-refractivity contribution < 1.29 is 9.53 Å². The van der Waals surface area contributed by atoms with Gasteiger partial charge in [-0.1, -0.05) is 25.4 Å². The monoisotopic (exact) mass is 241 g/mol. The summed E-state index contributed by atoms with van der Waals surface area (Å²) in [4.78, 5) is 11.5. The van der Waals surface area contributed by atoms with Gasteiger partial charge in [0.2, 0.25) is 5.91 Å². The van der Waals surface area contributed by atoms with Crippen molar-refractivity contribution in [1.29, 1.82) is 0 Å². The number of nitrogens with one attached hydrogen (secondary N) is 1. The fourth-order valence-corrected chi connectivity index (χ4v) is 1.46. The number of anilines is 1. The average Bonchev–Trinajstić information content (AvgIpc) is 2.22. The number of aryl methyl sites for hydroxylation is 1. The maximum Gasteiger partial charge on any atom is 0.226 e. The third-order valence-electron chi connectivity index (χ3n) is 2.28. The van der Waals surface area contributed by atoms with E-state index >= 15 is 0 Å². The zero-order valence-electron chi connectivity index (χ0n) is 9.93. The molecule has 0 radical (unpaired) electrons. The van der Waals surface area contributed by atoms with Gasteiger partial charge in [0.05, 0.1) is 12.1 Å². The molecule has 1 aromatic carbocycles. The second kappa shape index (κ2) is 5.21. The molecule has 88 valence electrons. The summed E-state index contributed by atoms with van der Waals surface area (Å²) < 4.78 is 5.09. The first-order chi connectivity index (χ1) is 7.45. The van der Waals surface area contributed by atoms with E-state index in [0.717, 1.165) is 11.3 Å². The SMILES string of the molecule is COc1cc(C)c(NC(=O)C(C)C)cc1Cl. The van der Waals surface area contributed by atoms with Gasteiger partial charge in [-0.15, -0.1) is 0 Å². The number of carbonyl (C=O) groups excluding carboxylic acids is 1. The van der Waals surface area contributed by atoms with Crippen molar-refractivity contribution >= 4 is 23.2 Å². The Labute approximate surface area is 101 Å². The molecule has 0 aliphatic carbocycles. The number of halogens is 1. The van der Waals surface area contributed by atoms with Crippen LogP contribution in [0.1, 0.15) is 19.4 Å². The quantitative estimate of drug-likeness (QED) is 0.882. The van der Waals surface area contributed by atoms with Crippen molar-refractivity contribution in [2.24, 2.45) is 5.92 Å². The minimum Gasteiger partial charge on any atom is -0.495 e. The van der Waals surface area contributed by atoms with Gasteiger partial charge in [-0.25, -0.2) is 0 Å². The van der Waals surface area contributed by atoms with Crippen LogP contribution in [0, 0.1) is 12.8 Å². The minimum atomic E-state index is -0.0553. The molecular formula is C12H16ClNO2. The molecule has 0 fully saturated rings. The lowest BCUT2D eigenvalue weighted by atomic mass is 10.1. The first-order valence-corrected chi connectivity index (χ1v) is 5.48. The fraction of sp³-hybridized carbons (Fsp3) is 0.417.